The second-order valence-corrected chi connectivity index (χ2v) is 7.66. The van der Waals surface area contributed by atoms with E-state index < -0.39 is 5.91 Å². The average Bonchev–Trinajstić information content (AvgIpc) is 3.20. The van der Waals surface area contributed by atoms with E-state index in [1.165, 1.54) is 6.07 Å². The monoisotopic (exact) mass is 447 g/mol. The molecule has 162 valence electrons. The molecule has 0 saturated carbocycles. The van der Waals surface area contributed by atoms with Crippen molar-refractivity contribution < 1.29 is 19.1 Å². The molecule has 3 aromatic carbocycles. The maximum Gasteiger partial charge on any atom is 0.264 e. The standard InChI is InChI=1S/C24H21N3O4S/c1-14-7-9-17(11-15(14)2)30-13-22(29)27-24(32)25-16-8-10-20(28)18(12-16)23-26-19-5-3-4-6-21(19)31-23/h3-12,28H,13H2,1-2H3,(H2,25,27,29,32). The summed E-state index contributed by atoms with van der Waals surface area (Å²) in [5.41, 5.74) is 4.50. The number of ether oxygens (including phenoxy) is 1. The highest BCUT2D eigenvalue weighted by Crippen LogP contribution is 2.33. The fourth-order valence-corrected chi connectivity index (χ4v) is 3.28. The predicted molar refractivity (Wildman–Crippen MR) is 127 cm³/mol. The van der Waals surface area contributed by atoms with Crippen LogP contribution in [0.2, 0.25) is 0 Å². The SMILES string of the molecule is Cc1ccc(OCC(=O)NC(=S)Nc2ccc(O)c(-c3nc4ccccc4o3)c2)cc1C. The minimum Gasteiger partial charge on any atom is -0.507 e. The third-order valence-electron chi connectivity index (χ3n) is 4.88. The lowest BCUT2D eigenvalue weighted by Crippen LogP contribution is -2.37. The van der Waals surface area contributed by atoms with Crippen LogP contribution in [0.3, 0.4) is 0 Å². The number of nitrogens with one attached hydrogen (secondary N) is 2. The summed E-state index contributed by atoms with van der Waals surface area (Å²) in [4.78, 5) is 16.6. The molecule has 32 heavy (non-hydrogen) atoms. The Labute approximate surface area is 190 Å². The largest absolute Gasteiger partial charge is 0.507 e. The minimum absolute atomic E-state index is 0.0128. The molecule has 0 aliphatic rings. The van der Waals surface area contributed by atoms with E-state index in [1.54, 1.807) is 18.2 Å². The summed E-state index contributed by atoms with van der Waals surface area (Å²) >= 11 is 5.23. The summed E-state index contributed by atoms with van der Waals surface area (Å²) in [7, 11) is 0. The summed E-state index contributed by atoms with van der Waals surface area (Å²) in [6, 6.07) is 17.7. The summed E-state index contributed by atoms with van der Waals surface area (Å²) in [5.74, 6) is 0.519. The number of aryl methyl sites for hydroxylation is 2. The Bertz CT molecular complexity index is 1280. The number of thiocarbonyl (C=S) groups is 1. The van der Waals surface area contributed by atoms with E-state index in [0.717, 1.165) is 11.1 Å². The van der Waals surface area contributed by atoms with Crippen LogP contribution in [0.25, 0.3) is 22.6 Å². The smallest absolute Gasteiger partial charge is 0.264 e. The summed E-state index contributed by atoms with van der Waals surface area (Å²) < 4.78 is 11.3. The van der Waals surface area contributed by atoms with E-state index in [-0.39, 0.29) is 23.4 Å². The third kappa shape index (κ3) is 4.87. The van der Waals surface area contributed by atoms with Gasteiger partial charge in [0.2, 0.25) is 5.89 Å². The second kappa shape index (κ2) is 9.07. The van der Waals surface area contributed by atoms with Gasteiger partial charge in [0.1, 0.15) is 17.0 Å². The number of benzene rings is 3. The molecule has 0 aliphatic carbocycles. The van der Waals surface area contributed by atoms with E-state index in [1.807, 2.05) is 50.2 Å². The molecule has 0 aliphatic heterocycles. The molecule has 0 unspecified atom stereocenters. The number of rotatable bonds is 5. The third-order valence-corrected chi connectivity index (χ3v) is 5.08. The summed E-state index contributed by atoms with van der Waals surface area (Å²) in [5, 5.41) is 15.9. The van der Waals surface area contributed by atoms with E-state index in [9.17, 15) is 9.90 Å². The number of para-hydroxylation sites is 2. The predicted octanol–water partition coefficient (Wildman–Crippen LogP) is 4.71. The molecule has 1 aromatic heterocycles. The number of nitrogens with zero attached hydrogens (tertiary/aromatic N) is 1. The molecule has 0 bridgehead atoms. The molecule has 0 fully saturated rings. The molecular formula is C24H21N3O4S. The summed E-state index contributed by atoms with van der Waals surface area (Å²) in [6.45, 7) is 3.82. The molecule has 7 nitrogen and oxygen atoms in total. The Morgan fingerprint density at radius 3 is 2.69 bits per heavy atom. The van der Waals surface area contributed by atoms with Gasteiger partial charge in [0, 0.05) is 5.69 Å². The molecule has 8 heteroatoms. The van der Waals surface area contributed by atoms with Gasteiger partial charge >= 0.3 is 0 Å². The van der Waals surface area contributed by atoms with Crippen molar-refractivity contribution in [3.05, 3.63) is 71.8 Å². The minimum atomic E-state index is -0.390. The lowest BCUT2D eigenvalue weighted by atomic mass is 10.1. The maximum absolute atomic E-state index is 12.2. The van der Waals surface area contributed by atoms with Gasteiger partial charge in [-0.25, -0.2) is 4.98 Å². The molecule has 4 aromatic rings. The van der Waals surface area contributed by atoms with Gasteiger partial charge in [-0.2, -0.15) is 0 Å². The highest BCUT2D eigenvalue weighted by molar-refractivity contribution is 7.80. The Morgan fingerprint density at radius 1 is 1.09 bits per heavy atom. The molecule has 1 amide bonds. The average molecular weight is 448 g/mol. The quantitative estimate of drug-likeness (QED) is 0.301. The highest BCUT2D eigenvalue weighted by Gasteiger charge is 2.14. The maximum atomic E-state index is 12.2. The summed E-state index contributed by atoms with van der Waals surface area (Å²) in [6.07, 6.45) is 0. The van der Waals surface area contributed by atoms with Gasteiger partial charge < -0.3 is 19.6 Å². The van der Waals surface area contributed by atoms with Crippen LogP contribution < -0.4 is 15.4 Å². The zero-order valence-corrected chi connectivity index (χ0v) is 18.3. The zero-order chi connectivity index (χ0) is 22.7. The van der Waals surface area contributed by atoms with Gasteiger partial charge in [0.05, 0.1) is 5.56 Å². The number of phenols is 1. The van der Waals surface area contributed by atoms with Crippen LogP contribution in [-0.2, 0) is 4.79 Å². The van der Waals surface area contributed by atoms with Gasteiger partial charge in [-0.15, -0.1) is 0 Å². The molecule has 1 heterocycles. The number of aromatic hydroxyl groups is 1. The Hall–Kier alpha value is -3.91. The normalized spacial score (nSPS) is 10.7. The first kappa shape index (κ1) is 21.3. The topological polar surface area (TPSA) is 96.6 Å². The van der Waals surface area contributed by atoms with E-state index >= 15 is 0 Å². The van der Waals surface area contributed by atoms with Crippen LogP contribution in [-0.4, -0.2) is 27.7 Å². The van der Waals surface area contributed by atoms with Crippen molar-refractivity contribution in [2.45, 2.75) is 13.8 Å². The van der Waals surface area contributed by atoms with Gasteiger partial charge in [-0.1, -0.05) is 18.2 Å². The van der Waals surface area contributed by atoms with Crippen LogP contribution in [0.5, 0.6) is 11.5 Å². The van der Waals surface area contributed by atoms with Crippen molar-refractivity contribution in [3.8, 4) is 23.0 Å². The number of oxazole rings is 1. The van der Waals surface area contributed by atoms with Gasteiger partial charge in [-0.05, 0) is 79.7 Å². The van der Waals surface area contributed by atoms with Crippen molar-refractivity contribution in [3.63, 3.8) is 0 Å². The number of carbonyl (C=O) groups excluding carboxylic acids is 1. The number of hydrogen-bond donors (Lipinski definition) is 3. The molecule has 4 rings (SSSR count). The van der Waals surface area contributed by atoms with Crippen LogP contribution in [0.4, 0.5) is 5.69 Å². The molecule has 0 spiro atoms. The Kier molecular flexibility index (Phi) is 6.04. The van der Waals surface area contributed by atoms with Crippen LogP contribution in [0, 0.1) is 13.8 Å². The fraction of sp³-hybridized carbons (Fsp3) is 0.125. The lowest BCUT2D eigenvalue weighted by molar-refractivity contribution is -0.121. The fourth-order valence-electron chi connectivity index (χ4n) is 3.05. The number of carbonyl (C=O) groups is 1. The highest BCUT2D eigenvalue weighted by atomic mass is 32.1. The van der Waals surface area contributed by atoms with Crippen molar-refractivity contribution in [1.82, 2.24) is 10.3 Å². The van der Waals surface area contributed by atoms with Crippen LogP contribution >= 0.6 is 12.2 Å². The number of fused-ring (bicyclic) bond motifs is 1. The van der Waals surface area contributed by atoms with Crippen molar-refractivity contribution >= 4 is 40.0 Å². The number of phenolic OH excluding ortho intramolecular Hbond substituents is 1. The Morgan fingerprint density at radius 2 is 1.91 bits per heavy atom. The first-order valence-corrected chi connectivity index (χ1v) is 10.3. The second-order valence-electron chi connectivity index (χ2n) is 7.26. The van der Waals surface area contributed by atoms with Gasteiger partial charge in [0.25, 0.3) is 5.91 Å². The first-order chi connectivity index (χ1) is 15.4. The van der Waals surface area contributed by atoms with Crippen molar-refractivity contribution in [1.29, 1.82) is 0 Å². The number of hydrogen-bond acceptors (Lipinski definition) is 6. The number of anilines is 1. The van der Waals surface area contributed by atoms with Gasteiger partial charge in [-0.3, -0.25) is 10.1 Å². The van der Waals surface area contributed by atoms with E-state index in [4.69, 9.17) is 21.4 Å². The van der Waals surface area contributed by atoms with Crippen LogP contribution in [0.1, 0.15) is 11.1 Å². The number of aromatic nitrogens is 1. The lowest BCUT2D eigenvalue weighted by Gasteiger charge is -2.12. The Balaban J connectivity index is 1.39. The number of amides is 1. The molecule has 0 atom stereocenters. The zero-order valence-electron chi connectivity index (χ0n) is 17.5. The first-order valence-electron chi connectivity index (χ1n) is 9.89. The van der Waals surface area contributed by atoms with Crippen molar-refractivity contribution in [2.75, 3.05) is 11.9 Å². The van der Waals surface area contributed by atoms with Gasteiger partial charge in [0.15, 0.2) is 17.3 Å². The van der Waals surface area contributed by atoms with E-state index in [2.05, 4.69) is 15.6 Å². The van der Waals surface area contributed by atoms with E-state index in [0.29, 0.717) is 28.1 Å². The molecule has 0 radical (unpaired) electrons. The molecular weight excluding hydrogens is 426 g/mol. The van der Waals surface area contributed by atoms with Crippen LogP contribution in [0.15, 0.2) is 65.1 Å². The molecule has 3 N–H and O–H groups in total. The molecule has 0 saturated heterocycles. The van der Waals surface area contributed by atoms with Crippen molar-refractivity contribution in [2.24, 2.45) is 0 Å².